The molecule has 1 N–H and O–H groups in total. The molecule has 1 unspecified atom stereocenters. The molecule has 1 atom stereocenters. The molecule has 0 aliphatic carbocycles. The Hall–Kier alpha value is -0.530. The maximum absolute atomic E-state index is 12.5. The zero-order valence-electron chi connectivity index (χ0n) is 10.6. The van der Waals surface area contributed by atoms with Gasteiger partial charge in [-0.05, 0) is 48.1 Å². The van der Waals surface area contributed by atoms with E-state index >= 15 is 0 Å². The number of amides is 1. The number of halogens is 3. The number of hydrogen-bond acceptors (Lipinski definition) is 2. The van der Waals surface area contributed by atoms with E-state index in [1.54, 1.807) is 19.1 Å². The lowest BCUT2D eigenvalue weighted by Gasteiger charge is -2.21. The van der Waals surface area contributed by atoms with Crippen molar-refractivity contribution < 1.29 is 14.7 Å². The number of benzene rings is 1. The summed E-state index contributed by atoms with van der Waals surface area (Å²) in [6.07, 6.45) is 0.443. The molecule has 0 aromatic heterocycles. The number of rotatable bonds is 2. The average Bonchev–Trinajstić information content (AvgIpc) is 2.77. The van der Waals surface area contributed by atoms with E-state index in [0.717, 1.165) is 0 Å². The van der Waals surface area contributed by atoms with Gasteiger partial charge in [0.15, 0.2) is 0 Å². The Bertz CT molecular complexity index is 593. The fraction of sp³-hybridized carbons (Fsp3) is 0.385. The van der Waals surface area contributed by atoms with Crippen molar-refractivity contribution in [2.24, 2.45) is 5.41 Å². The minimum atomic E-state index is -0.885. The van der Waals surface area contributed by atoms with Crippen LogP contribution in [0.2, 0.25) is 10.0 Å². The van der Waals surface area contributed by atoms with Crippen molar-refractivity contribution in [3.63, 3.8) is 0 Å². The monoisotopic (exact) mass is 427 g/mol. The number of carbonyl (C=O) groups is 2. The SMILES string of the molecule is CC1(C(=O)O)CCN(C(=O)c2cc(Cl)cc(Cl)c2I)C1. The van der Waals surface area contributed by atoms with Gasteiger partial charge in [0.25, 0.3) is 5.91 Å². The van der Waals surface area contributed by atoms with Crippen molar-refractivity contribution in [1.29, 1.82) is 0 Å². The van der Waals surface area contributed by atoms with Crippen LogP contribution in [0.4, 0.5) is 0 Å². The molecular weight excluding hydrogens is 416 g/mol. The van der Waals surface area contributed by atoms with Crippen LogP contribution < -0.4 is 0 Å². The van der Waals surface area contributed by atoms with Crippen molar-refractivity contribution in [1.82, 2.24) is 4.90 Å². The predicted molar refractivity (Wildman–Crippen MR) is 85.4 cm³/mol. The summed E-state index contributed by atoms with van der Waals surface area (Å²) in [5.41, 5.74) is -0.471. The molecule has 1 saturated heterocycles. The summed E-state index contributed by atoms with van der Waals surface area (Å²) < 4.78 is 0.627. The molecule has 1 heterocycles. The second-order valence-electron chi connectivity index (χ2n) is 5.09. The highest BCUT2D eigenvalue weighted by Gasteiger charge is 2.42. The molecule has 20 heavy (non-hydrogen) atoms. The van der Waals surface area contributed by atoms with Gasteiger partial charge in [-0.15, -0.1) is 0 Å². The summed E-state index contributed by atoms with van der Waals surface area (Å²) in [6.45, 7) is 2.27. The zero-order valence-corrected chi connectivity index (χ0v) is 14.3. The maximum atomic E-state index is 12.5. The molecule has 1 amide bonds. The van der Waals surface area contributed by atoms with Gasteiger partial charge in [-0.25, -0.2) is 0 Å². The molecule has 1 aliphatic heterocycles. The molecule has 0 spiro atoms. The molecule has 0 bridgehead atoms. The summed E-state index contributed by atoms with van der Waals surface area (Å²) in [6, 6.07) is 3.14. The van der Waals surface area contributed by atoms with Crippen LogP contribution in [0.5, 0.6) is 0 Å². The first-order chi connectivity index (χ1) is 9.24. The minimum Gasteiger partial charge on any atom is -0.481 e. The first-order valence-electron chi connectivity index (χ1n) is 5.92. The quantitative estimate of drug-likeness (QED) is 0.580. The van der Waals surface area contributed by atoms with E-state index in [1.165, 1.54) is 4.90 Å². The van der Waals surface area contributed by atoms with E-state index in [1.807, 2.05) is 22.6 Å². The highest BCUT2D eigenvalue weighted by atomic mass is 127. The molecule has 1 aromatic rings. The van der Waals surface area contributed by atoms with Gasteiger partial charge >= 0.3 is 5.97 Å². The molecular formula is C13H12Cl2INO3. The standard InChI is InChI=1S/C13H12Cl2INO3/c1-13(12(19)20)2-3-17(6-13)11(18)8-4-7(14)5-9(15)10(8)16/h4-5H,2-3,6H2,1H3,(H,19,20). The normalized spacial score (nSPS) is 22.1. The molecule has 4 nitrogen and oxygen atoms in total. The van der Waals surface area contributed by atoms with Crippen LogP contribution >= 0.6 is 45.8 Å². The number of carbonyl (C=O) groups excluding carboxylic acids is 1. The van der Waals surface area contributed by atoms with E-state index < -0.39 is 11.4 Å². The topological polar surface area (TPSA) is 57.6 Å². The molecule has 108 valence electrons. The van der Waals surface area contributed by atoms with E-state index in [9.17, 15) is 14.7 Å². The van der Waals surface area contributed by atoms with Gasteiger partial charge in [-0.3, -0.25) is 9.59 Å². The highest BCUT2D eigenvalue weighted by molar-refractivity contribution is 14.1. The lowest BCUT2D eigenvalue weighted by atomic mass is 9.90. The van der Waals surface area contributed by atoms with Gasteiger partial charge in [0.2, 0.25) is 0 Å². The molecule has 1 aromatic carbocycles. The predicted octanol–water partition coefficient (Wildman–Crippen LogP) is 3.53. The van der Waals surface area contributed by atoms with Crippen LogP contribution in [0.1, 0.15) is 23.7 Å². The van der Waals surface area contributed by atoms with Crippen LogP contribution in [0.3, 0.4) is 0 Å². The summed E-state index contributed by atoms with van der Waals surface area (Å²) in [5.74, 6) is -1.12. The van der Waals surface area contributed by atoms with E-state index in [4.69, 9.17) is 23.2 Å². The van der Waals surface area contributed by atoms with Crippen LogP contribution in [-0.4, -0.2) is 35.0 Å². The minimum absolute atomic E-state index is 0.196. The fourth-order valence-electron chi connectivity index (χ4n) is 2.19. The van der Waals surface area contributed by atoms with Crippen molar-refractivity contribution >= 4 is 57.7 Å². The van der Waals surface area contributed by atoms with Crippen LogP contribution in [0.15, 0.2) is 12.1 Å². The summed E-state index contributed by atoms with van der Waals surface area (Å²) in [5, 5.41) is 10.0. The molecule has 7 heteroatoms. The van der Waals surface area contributed by atoms with Crippen LogP contribution in [-0.2, 0) is 4.79 Å². The van der Waals surface area contributed by atoms with E-state index in [-0.39, 0.29) is 12.5 Å². The van der Waals surface area contributed by atoms with Crippen molar-refractivity contribution in [2.45, 2.75) is 13.3 Å². The lowest BCUT2D eigenvalue weighted by Crippen LogP contribution is -2.35. The Labute approximate surface area is 140 Å². The van der Waals surface area contributed by atoms with Gasteiger partial charge in [0, 0.05) is 21.7 Å². The van der Waals surface area contributed by atoms with Crippen LogP contribution in [0, 0.1) is 8.99 Å². The number of hydrogen-bond donors (Lipinski definition) is 1. The van der Waals surface area contributed by atoms with Crippen molar-refractivity contribution in [3.8, 4) is 0 Å². The lowest BCUT2D eigenvalue weighted by molar-refractivity contribution is -0.147. The average molecular weight is 428 g/mol. The molecule has 0 radical (unpaired) electrons. The van der Waals surface area contributed by atoms with Gasteiger partial charge in [-0.2, -0.15) is 0 Å². The third kappa shape index (κ3) is 2.89. The first kappa shape index (κ1) is 15.9. The Morgan fingerprint density at radius 3 is 2.60 bits per heavy atom. The number of carboxylic acid groups (broad SMARTS) is 1. The highest BCUT2D eigenvalue weighted by Crippen LogP contribution is 2.33. The Balaban J connectivity index is 2.28. The Kier molecular flexibility index (Phi) is 4.51. The third-order valence-corrected chi connectivity index (χ3v) is 5.50. The van der Waals surface area contributed by atoms with Gasteiger partial charge < -0.3 is 10.0 Å². The van der Waals surface area contributed by atoms with E-state index in [0.29, 0.717) is 32.1 Å². The van der Waals surface area contributed by atoms with Gasteiger partial charge in [0.05, 0.1) is 16.0 Å². The number of nitrogens with zero attached hydrogens (tertiary/aromatic N) is 1. The van der Waals surface area contributed by atoms with Gasteiger partial charge in [-0.1, -0.05) is 23.2 Å². The van der Waals surface area contributed by atoms with E-state index in [2.05, 4.69) is 0 Å². The zero-order chi connectivity index (χ0) is 15.1. The fourth-order valence-corrected chi connectivity index (χ4v) is 3.23. The first-order valence-corrected chi connectivity index (χ1v) is 7.75. The smallest absolute Gasteiger partial charge is 0.311 e. The Morgan fingerprint density at radius 1 is 1.40 bits per heavy atom. The van der Waals surface area contributed by atoms with Crippen LogP contribution in [0.25, 0.3) is 0 Å². The summed E-state index contributed by atoms with van der Waals surface area (Å²) in [7, 11) is 0. The summed E-state index contributed by atoms with van der Waals surface area (Å²) in [4.78, 5) is 25.3. The second-order valence-corrected chi connectivity index (χ2v) is 7.01. The second kappa shape index (κ2) is 5.69. The number of likely N-dealkylation sites (tertiary alicyclic amines) is 1. The van der Waals surface area contributed by atoms with Gasteiger partial charge in [0.1, 0.15) is 0 Å². The number of aliphatic carboxylic acids is 1. The Morgan fingerprint density at radius 2 is 2.05 bits per heavy atom. The largest absolute Gasteiger partial charge is 0.481 e. The number of carboxylic acids is 1. The third-order valence-electron chi connectivity index (χ3n) is 3.50. The molecule has 0 saturated carbocycles. The van der Waals surface area contributed by atoms with Crippen molar-refractivity contribution in [3.05, 3.63) is 31.3 Å². The summed E-state index contributed by atoms with van der Waals surface area (Å²) >= 11 is 13.9. The molecule has 2 rings (SSSR count). The van der Waals surface area contributed by atoms with Crippen molar-refractivity contribution in [2.75, 3.05) is 13.1 Å². The molecule has 1 fully saturated rings. The maximum Gasteiger partial charge on any atom is 0.311 e. The molecule has 1 aliphatic rings.